The molecule has 0 unspecified atom stereocenters. The van der Waals surface area contributed by atoms with Crippen molar-refractivity contribution in [2.75, 3.05) is 5.43 Å². The lowest BCUT2D eigenvalue weighted by Gasteiger charge is -2.07. The van der Waals surface area contributed by atoms with Crippen molar-refractivity contribution >= 4 is 27.8 Å². The maximum Gasteiger partial charge on any atom is 0.188 e. The second kappa shape index (κ2) is 6.91. The zero-order chi connectivity index (χ0) is 16.3. The monoisotopic (exact) mass is 374 g/mol. The molecule has 2 rings (SSSR count). The van der Waals surface area contributed by atoms with Gasteiger partial charge < -0.3 is 0 Å². The Labute approximate surface area is 133 Å². The molecule has 2 aromatic carbocycles. The van der Waals surface area contributed by atoms with Crippen molar-refractivity contribution in [2.45, 2.75) is 13.3 Å². The van der Waals surface area contributed by atoms with Crippen molar-refractivity contribution < 1.29 is 17.6 Å². The minimum atomic E-state index is -1.55. The van der Waals surface area contributed by atoms with Gasteiger partial charge in [0.25, 0.3) is 0 Å². The van der Waals surface area contributed by atoms with Crippen molar-refractivity contribution in [3.05, 3.63) is 63.1 Å². The average molecular weight is 375 g/mol. The standard InChI is InChI=1S/C15H11BrF4N2/c1-2-8-3-5-9(6-4-8)7-21-22-15-13(19)11(17)10(16)12(18)14(15)20/h3-7,22H,2H2,1H3/b21-7-. The maximum atomic E-state index is 13.6. The van der Waals surface area contributed by atoms with Crippen LogP contribution in [-0.2, 0) is 6.42 Å². The van der Waals surface area contributed by atoms with Crippen LogP contribution in [0.5, 0.6) is 0 Å². The first kappa shape index (κ1) is 16.5. The van der Waals surface area contributed by atoms with Crippen LogP contribution in [-0.4, -0.2) is 6.21 Å². The summed E-state index contributed by atoms with van der Waals surface area (Å²) in [5, 5.41) is 3.60. The Bertz CT molecular complexity index is 685. The fourth-order valence-corrected chi connectivity index (χ4v) is 2.06. The normalized spacial score (nSPS) is 11.2. The van der Waals surface area contributed by atoms with Crippen LogP contribution in [0, 0.1) is 23.3 Å². The van der Waals surface area contributed by atoms with E-state index in [1.165, 1.54) is 6.21 Å². The smallest absolute Gasteiger partial charge is 0.188 e. The summed E-state index contributed by atoms with van der Waals surface area (Å²) in [6.07, 6.45) is 2.17. The third-order valence-corrected chi connectivity index (χ3v) is 3.68. The van der Waals surface area contributed by atoms with Gasteiger partial charge in [-0.25, -0.2) is 17.6 Å². The molecule has 0 radical (unpaired) electrons. The number of benzene rings is 2. The molecular weight excluding hydrogens is 364 g/mol. The molecule has 116 valence electrons. The molecule has 2 aromatic rings. The van der Waals surface area contributed by atoms with Crippen molar-refractivity contribution in [1.29, 1.82) is 0 Å². The van der Waals surface area contributed by atoms with Crippen LogP contribution >= 0.6 is 15.9 Å². The minimum absolute atomic E-state index is 0.670. The van der Waals surface area contributed by atoms with E-state index in [1.54, 1.807) is 12.1 Å². The van der Waals surface area contributed by atoms with Crippen molar-refractivity contribution in [3.8, 4) is 0 Å². The molecule has 0 fully saturated rings. The highest BCUT2D eigenvalue weighted by atomic mass is 79.9. The van der Waals surface area contributed by atoms with Gasteiger partial charge in [-0.05, 0) is 33.5 Å². The van der Waals surface area contributed by atoms with Crippen molar-refractivity contribution in [1.82, 2.24) is 0 Å². The number of aryl methyl sites for hydroxylation is 1. The summed E-state index contributed by atoms with van der Waals surface area (Å²) in [5.41, 5.74) is 2.79. The Morgan fingerprint density at radius 3 is 2.05 bits per heavy atom. The molecule has 1 N–H and O–H groups in total. The van der Waals surface area contributed by atoms with Crippen molar-refractivity contribution in [2.24, 2.45) is 5.10 Å². The Morgan fingerprint density at radius 1 is 1.00 bits per heavy atom. The summed E-state index contributed by atoms with van der Waals surface area (Å²) in [6.45, 7) is 2.01. The van der Waals surface area contributed by atoms with E-state index in [1.807, 2.05) is 24.5 Å². The molecule has 0 atom stereocenters. The highest BCUT2D eigenvalue weighted by Crippen LogP contribution is 2.31. The van der Waals surface area contributed by atoms with Gasteiger partial charge in [-0.2, -0.15) is 5.10 Å². The number of hydrazone groups is 1. The lowest BCUT2D eigenvalue weighted by atomic mass is 10.1. The van der Waals surface area contributed by atoms with Gasteiger partial charge in [0.1, 0.15) is 5.69 Å². The van der Waals surface area contributed by atoms with Crippen molar-refractivity contribution in [3.63, 3.8) is 0 Å². The number of nitrogens with zero attached hydrogens (tertiary/aromatic N) is 1. The average Bonchev–Trinajstić information content (AvgIpc) is 2.55. The molecule has 0 aliphatic heterocycles. The molecule has 0 amide bonds. The molecule has 0 heterocycles. The number of rotatable bonds is 4. The van der Waals surface area contributed by atoms with E-state index in [-0.39, 0.29) is 0 Å². The fourth-order valence-electron chi connectivity index (χ4n) is 1.71. The van der Waals surface area contributed by atoms with Gasteiger partial charge in [-0.15, -0.1) is 0 Å². The molecule has 0 bridgehead atoms. The van der Waals surface area contributed by atoms with E-state index >= 15 is 0 Å². The van der Waals surface area contributed by atoms with E-state index in [4.69, 9.17) is 0 Å². The lowest BCUT2D eigenvalue weighted by molar-refractivity contribution is 0.451. The third-order valence-electron chi connectivity index (χ3n) is 2.99. The van der Waals surface area contributed by atoms with Gasteiger partial charge in [-0.1, -0.05) is 31.2 Å². The molecule has 0 saturated carbocycles. The quantitative estimate of drug-likeness (QED) is 0.262. The van der Waals surface area contributed by atoms with Crippen LogP contribution in [0.4, 0.5) is 23.2 Å². The summed E-state index contributed by atoms with van der Waals surface area (Å²) in [5.74, 6) is -6.15. The first-order valence-electron chi connectivity index (χ1n) is 6.35. The molecular formula is C15H11BrF4N2. The highest BCUT2D eigenvalue weighted by Gasteiger charge is 2.23. The zero-order valence-electron chi connectivity index (χ0n) is 11.4. The number of halogens is 5. The second-order valence-electron chi connectivity index (χ2n) is 4.41. The number of nitrogens with one attached hydrogen (secondary N) is 1. The van der Waals surface area contributed by atoms with Gasteiger partial charge in [0.15, 0.2) is 23.3 Å². The Kier molecular flexibility index (Phi) is 5.18. The van der Waals surface area contributed by atoms with Gasteiger partial charge in [0, 0.05) is 0 Å². The second-order valence-corrected chi connectivity index (χ2v) is 5.20. The third kappa shape index (κ3) is 3.30. The van der Waals surface area contributed by atoms with Crippen LogP contribution in [0.15, 0.2) is 33.8 Å². The van der Waals surface area contributed by atoms with Crippen LogP contribution in [0.3, 0.4) is 0 Å². The first-order chi connectivity index (χ1) is 10.5. The Balaban J connectivity index is 2.22. The molecule has 0 aromatic heterocycles. The van der Waals surface area contributed by atoms with Gasteiger partial charge in [0.05, 0.1) is 10.7 Å². The number of hydrogen-bond acceptors (Lipinski definition) is 2. The van der Waals surface area contributed by atoms with Gasteiger partial charge >= 0.3 is 0 Å². The SMILES string of the molecule is CCc1ccc(/C=N\Nc2c(F)c(F)c(Br)c(F)c2F)cc1. The topological polar surface area (TPSA) is 24.4 Å². The first-order valence-corrected chi connectivity index (χ1v) is 7.14. The maximum absolute atomic E-state index is 13.6. The van der Waals surface area contributed by atoms with Crippen LogP contribution < -0.4 is 5.43 Å². The summed E-state index contributed by atoms with van der Waals surface area (Å²) in [7, 11) is 0. The summed E-state index contributed by atoms with van der Waals surface area (Å²) < 4.78 is 53.0. The molecule has 0 aliphatic rings. The largest absolute Gasteiger partial charge is 0.272 e. The Hall–Kier alpha value is -1.89. The fraction of sp³-hybridized carbons (Fsp3) is 0.133. The van der Waals surface area contributed by atoms with Gasteiger partial charge in [-0.3, -0.25) is 5.43 Å². The highest BCUT2D eigenvalue weighted by molar-refractivity contribution is 9.10. The number of hydrogen-bond donors (Lipinski definition) is 1. The zero-order valence-corrected chi connectivity index (χ0v) is 13.0. The van der Waals surface area contributed by atoms with Gasteiger partial charge in [0.2, 0.25) is 0 Å². The Morgan fingerprint density at radius 2 is 1.55 bits per heavy atom. The molecule has 22 heavy (non-hydrogen) atoms. The molecule has 0 spiro atoms. The van der Waals surface area contributed by atoms with Crippen LogP contribution in [0.25, 0.3) is 0 Å². The molecule has 0 aliphatic carbocycles. The molecule has 0 saturated heterocycles. The molecule has 7 heteroatoms. The minimum Gasteiger partial charge on any atom is -0.272 e. The lowest BCUT2D eigenvalue weighted by Crippen LogP contribution is -2.04. The van der Waals surface area contributed by atoms with Crippen LogP contribution in [0.2, 0.25) is 0 Å². The van der Waals surface area contributed by atoms with E-state index in [2.05, 4.69) is 21.0 Å². The van der Waals surface area contributed by atoms with E-state index in [0.29, 0.717) is 5.56 Å². The van der Waals surface area contributed by atoms with E-state index < -0.39 is 33.4 Å². The predicted molar refractivity (Wildman–Crippen MR) is 81.0 cm³/mol. The summed E-state index contributed by atoms with van der Waals surface area (Å²) in [4.78, 5) is 0. The van der Waals surface area contributed by atoms with E-state index in [0.717, 1.165) is 12.0 Å². The summed E-state index contributed by atoms with van der Waals surface area (Å²) in [6, 6.07) is 7.28. The molecule has 2 nitrogen and oxygen atoms in total. The summed E-state index contributed by atoms with van der Waals surface area (Å²) >= 11 is 2.44. The predicted octanol–water partition coefficient (Wildman–Crippen LogP) is 5.01. The van der Waals surface area contributed by atoms with Crippen LogP contribution in [0.1, 0.15) is 18.1 Å². The number of anilines is 1. The van der Waals surface area contributed by atoms with E-state index in [9.17, 15) is 17.6 Å².